The SMILES string of the molecule is Cc1cccc(C(N)c2c(Cl)cnn2C(C)C)c1C. The van der Waals surface area contributed by atoms with Crippen LogP contribution in [-0.4, -0.2) is 9.78 Å². The van der Waals surface area contributed by atoms with Gasteiger partial charge in [-0.15, -0.1) is 0 Å². The number of aromatic nitrogens is 2. The zero-order chi connectivity index (χ0) is 14.2. The van der Waals surface area contributed by atoms with Crippen molar-refractivity contribution in [1.82, 2.24) is 9.78 Å². The molecule has 0 aliphatic rings. The molecule has 0 amide bonds. The van der Waals surface area contributed by atoms with Gasteiger partial charge in [-0.3, -0.25) is 4.68 Å². The first-order valence-electron chi connectivity index (χ1n) is 6.48. The molecule has 2 aromatic rings. The Morgan fingerprint density at radius 1 is 1.26 bits per heavy atom. The van der Waals surface area contributed by atoms with Gasteiger partial charge in [0.05, 0.1) is 23.0 Å². The van der Waals surface area contributed by atoms with Crippen molar-refractivity contribution in [3.05, 3.63) is 51.8 Å². The molecule has 3 nitrogen and oxygen atoms in total. The highest BCUT2D eigenvalue weighted by Crippen LogP contribution is 2.30. The van der Waals surface area contributed by atoms with E-state index in [2.05, 4.69) is 44.9 Å². The highest BCUT2D eigenvalue weighted by Gasteiger charge is 2.21. The van der Waals surface area contributed by atoms with E-state index in [1.165, 1.54) is 11.1 Å². The molecular formula is C15H20ClN3. The van der Waals surface area contributed by atoms with E-state index in [0.717, 1.165) is 11.3 Å². The maximum atomic E-state index is 6.42. The smallest absolute Gasteiger partial charge is 0.0837 e. The van der Waals surface area contributed by atoms with E-state index >= 15 is 0 Å². The quantitative estimate of drug-likeness (QED) is 0.928. The fourth-order valence-electron chi connectivity index (χ4n) is 2.31. The molecular weight excluding hydrogens is 258 g/mol. The minimum Gasteiger partial charge on any atom is -0.319 e. The Hall–Kier alpha value is -1.32. The van der Waals surface area contributed by atoms with Gasteiger partial charge in [0.25, 0.3) is 0 Å². The molecule has 1 atom stereocenters. The van der Waals surface area contributed by atoms with Crippen molar-refractivity contribution in [2.24, 2.45) is 5.73 Å². The number of nitrogens with two attached hydrogens (primary N) is 1. The Morgan fingerprint density at radius 2 is 1.95 bits per heavy atom. The minimum atomic E-state index is -0.253. The van der Waals surface area contributed by atoms with E-state index in [0.29, 0.717) is 5.02 Å². The molecule has 0 radical (unpaired) electrons. The summed E-state index contributed by atoms with van der Waals surface area (Å²) in [6.07, 6.45) is 1.67. The van der Waals surface area contributed by atoms with Crippen LogP contribution in [0.25, 0.3) is 0 Å². The molecule has 1 aromatic carbocycles. The topological polar surface area (TPSA) is 43.8 Å². The molecule has 0 spiro atoms. The number of hydrogen-bond acceptors (Lipinski definition) is 2. The molecule has 102 valence electrons. The predicted molar refractivity (Wildman–Crippen MR) is 79.6 cm³/mol. The minimum absolute atomic E-state index is 0.235. The molecule has 4 heteroatoms. The van der Waals surface area contributed by atoms with E-state index in [-0.39, 0.29) is 12.1 Å². The number of hydrogen-bond donors (Lipinski definition) is 1. The predicted octanol–water partition coefficient (Wildman–Crippen LogP) is 3.78. The van der Waals surface area contributed by atoms with Crippen molar-refractivity contribution < 1.29 is 0 Å². The molecule has 0 saturated carbocycles. The van der Waals surface area contributed by atoms with Crippen LogP contribution >= 0.6 is 11.6 Å². The summed E-state index contributed by atoms with van der Waals surface area (Å²) in [5.41, 5.74) is 10.9. The van der Waals surface area contributed by atoms with Gasteiger partial charge in [0, 0.05) is 6.04 Å². The van der Waals surface area contributed by atoms with Crippen molar-refractivity contribution >= 4 is 11.6 Å². The van der Waals surface area contributed by atoms with Crippen LogP contribution in [0.4, 0.5) is 0 Å². The normalized spacial score (nSPS) is 13.0. The first kappa shape index (κ1) is 14.1. The van der Waals surface area contributed by atoms with Crippen molar-refractivity contribution in [3.8, 4) is 0 Å². The standard InChI is InChI=1S/C15H20ClN3/c1-9(2)19-15(13(16)8-18-19)14(17)12-7-5-6-10(3)11(12)4/h5-9,14H,17H2,1-4H3. The van der Waals surface area contributed by atoms with Gasteiger partial charge in [0.2, 0.25) is 0 Å². The van der Waals surface area contributed by atoms with Gasteiger partial charge in [0.1, 0.15) is 0 Å². The van der Waals surface area contributed by atoms with Crippen molar-refractivity contribution in [3.63, 3.8) is 0 Å². The Labute approximate surface area is 119 Å². The Kier molecular flexibility index (Phi) is 3.97. The number of aryl methyl sites for hydroxylation is 1. The first-order valence-corrected chi connectivity index (χ1v) is 6.86. The molecule has 0 bridgehead atoms. The molecule has 1 unspecified atom stereocenters. The molecule has 0 aliphatic heterocycles. The summed E-state index contributed by atoms with van der Waals surface area (Å²) in [4.78, 5) is 0. The molecule has 1 aromatic heterocycles. The highest BCUT2D eigenvalue weighted by atomic mass is 35.5. The second-order valence-electron chi connectivity index (χ2n) is 5.18. The summed E-state index contributed by atoms with van der Waals surface area (Å²) in [6.45, 7) is 8.33. The fourth-order valence-corrected chi connectivity index (χ4v) is 2.56. The highest BCUT2D eigenvalue weighted by molar-refractivity contribution is 6.31. The van der Waals surface area contributed by atoms with Crippen LogP contribution in [0.2, 0.25) is 5.02 Å². The largest absolute Gasteiger partial charge is 0.319 e. The number of rotatable bonds is 3. The van der Waals surface area contributed by atoms with Gasteiger partial charge in [0.15, 0.2) is 0 Å². The second kappa shape index (κ2) is 5.35. The number of nitrogens with zero attached hydrogens (tertiary/aromatic N) is 2. The van der Waals surface area contributed by atoms with Crippen LogP contribution < -0.4 is 5.73 Å². The van der Waals surface area contributed by atoms with Gasteiger partial charge in [-0.2, -0.15) is 5.10 Å². The zero-order valence-electron chi connectivity index (χ0n) is 11.8. The molecule has 1 heterocycles. The zero-order valence-corrected chi connectivity index (χ0v) is 12.6. The molecule has 0 aliphatic carbocycles. The van der Waals surface area contributed by atoms with E-state index in [4.69, 9.17) is 17.3 Å². The van der Waals surface area contributed by atoms with Gasteiger partial charge in [-0.25, -0.2) is 0 Å². The van der Waals surface area contributed by atoms with Crippen molar-refractivity contribution in [1.29, 1.82) is 0 Å². The Morgan fingerprint density at radius 3 is 2.58 bits per heavy atom. The molecule has 0 fully saturated rings. The summed E-state index contributed by atoms with van der Waals surface area (Å²) in [7, 11) is 0. The van der Waals surface area contributed by atoms with E-state index in [9.17, 15) is 0 Å². The molecule has 19 heavy (non-hydrogen) atoms. The average Bonchev–Trinajstić information content (AvgIpc) is 2.74. The third-order valence-electron chi connectivity index (χ3n) is 3.55. The fraction of sp³-hybridized carbons (Fsp3) is 0.400. The third kappa shape index (κ3) is 2.53. The van der Waals surface area contributed by atoms with Gasteiger partial charge in [-0.1, -0.05) is 29.8 Å². The number of benzene rings is 1. The van der Waals surface area contributed by atoms with Crippen LogP contribution in [0.15, 0.2) is 24.4 Å². The van der Waals surface area contributed by atoms with E-state index in [1.54, 1.807) is 6.20 Å². The van der Waals surface area contributed by atoms with Gasteiger partial charge in [-0.05, 0) is 44.4 Å². The molecule has 0 saturated heterocycles. The van der Waals surface area contributed by atoms with Crippen LogP contribution in [0.3, 0.4) is 0 Å². The Bertz CT molecular complexity index is 587. The lowest BCUT2D eigenvalue weighted by molar-refractivity contribution is 0.499. The molecule has 2 N–H and O–H groups in total. The maximum absolute atomic E-state index is 6.42. The lowest BCUT2D eigenvalue weighted by atomic mass is 9.96. The summed E-state index contributed by atoms with van der Waals surface area (Å²) >= 11 is 6.26. The lowest BCUT2D eigenvalue weighted by Crippen LogP contribution is -2.20. The van der Waals surface area contributed by atoms with Crippen LogP contribution in [0, 0.1) is 13.8 Å². The maximum Gasteiger partial charge on any atom is 0.0837 e. The van der Waals surface area contributed by atoms with E-state index < -0.39 is 0 Å². The van der Waals surface area contributed by atoms with Crippen molar-refractivity contribution in [2.75, 3.05) is 0 Å². The Balaban J connectivity index is 2.53. The summed E-state index contributed by atoms with van der Waals surface area (Å²) in [6, 6.07) is 6.16. The molecule has 2 rings (SSSR count). The number of halogens is 1. The van der Waals surface area contributed by atoms with Gasteiger partial charge < -0.3 is 5.73 Å². The van der Waals surface area contributed by atoms with Gasteiger partial charge >= 0.3 is 0 Å². The average molecular weight is 278 g/mol. The second-order valence-corrected chi connectivity index (χ2v) is 5.59. The third-order valence-corrected chi connectivity index (χ3v) is 3.84. The lowest BCUT2D eigenvalue weighted by Gasteiger charge is -2.20. The van der Waals surface area contributed by atoms with E-state index in [1.807, 2.05) is 10.7 Å². The summed E-state index contributed by atoms with van der Waals surface area (Å²) < 4.78 is 1.90. The first-order chi connectivity index (χ1) is 8.93. The van der Waals surface area contributed by atoms with Crippen molar-refractivity contribution in [2.45, 2.75) is 39.8 Å². The van der Waals surface area contributed by atoms with Crippen LogP contribution in [0.1, 0.15) is 48.3 Å². The summed E-state index contributed by atoms with van der Waals surface area (Å²) in [5.74, 6) is 0. The monoisotopic (exact) mass is 277 g/mol. The van der Waals surface area contributed by atoms with Crippen LogP contribution in [0.5, 0.6) is 0 Å². The van der Waals surface area contributed by atoms with Crippen LogP contribution in [-0.2, 0) is 0 Å². The summed E-state index contributed by atoms with van der Waals surface area (Å²) in [5, 5.41) is 4.95.